The maximum absolute atomic E-state index is 5.90. The van der Waals surface area contributed by atoms with Crippen LogP contribution in [0, 0.1) is 0 Å². The highest BCUT2D eigenvalue weighted by Gasteiger charge is 2.29. The van der Waals surface area contributed by atoms with E-state index in [1.807, 2.05) is 22.9 Å². The molecule has 1 saturated heterocycles. The Bertz CT molecular complexity index is 570. The third kappa shape index (κ3) is 2.96. The van der Waals surface area contributed by atoms with Crippen LogP contribution in [-0.2, 0) is 11.3 Å². The van der Waals surface area contributed by atoms with Crippen molar-refractivity contribution in [2.24, 2.45) is 0 Å². The molecule has 2 atom stereocenters. The number of pyridine rings is 1. The number of rotatable bonds is 4. The quantitative estimate of drug-likeness (QED) is 0.858. The van der Waals surface area contributed by atoms with E-state index >= 15 is 0 Å². The Hall–Kier alpha value is -1.79. The third-order valence-electron chi connectivity index (χ3n) is 4.04. The molecule has 21 heavy (non-hydrogen) atoms. The van der Waals surface area contributed by atoms with Crippen LogP contribution in [0.25, 0.3) is 0 Å². The van der Waals surface area contributed by atoms with Gasteiger partial charge >= 0.3 is 0 Å². The van der Waals surface area contributed by atoms with Gasteiger partial charge in [-0.1, -0.05) is 6.07 Å². The Balaban J connectivity index is 1.74. The van der Waals surface area contributed by atoms with Crippen LogP contribution in [0.3, 0.4) is 0 Å². The van der Waals surface area contributed by atoms with Crippen LogP contribution in [0.2, 0.25) is 0 Å². The van der Waals surface area contributed by atoms with Crippen molar-refractivity contribution < 1.29 is 4.74 Å². The van der Waals surface area contributed by atoms with Crippen molar-refractivity contribution in [3.05, 3.63) is 42.2 Å². The number of morpholine rings is 1. The van der Waals surface area contributed by atoms with Crippen molar-refractivity contribution >= 4 is 0 Å². The summed E-state index contributed by atoms with van der Waals surface area (Å²) in [6.45, 7) is 7.57. The van der Waals surface area contributed by atoms with Crippen LogP contribution in [0.4, 0.5) is 0 Å². The summed E-state index contributed by atoms with van der Waals surface area (Å²) < 4.78 is 7.94. The number of hydrogen-bond donors (Lipinski definition) is 0. The minimum Gasteiger partial charge on any atom is -0.368 e. The minimum absolute atomic E-state index is 0.0210. The average Bonchev–Trinajstić information content (AvgIpc) is 3.04. The molecule has 0 saturated carbocycles. The van der Waals surface area contributed by atoms with Gasteiger partial charge in [-0.2, -0.15) is 0 Å². The van der Waals surface area contributed by atoms with Gasteiger partial charge in [0, 0.05) is 31.9 Å². The summed E-state index contributed by atoms with van der Waals surface area (Å²) in [5.74, 6) is 0.912. The molecule has 0 radical (unpaired) electrons. The topological polar surface area (TPSA) is 56.1 Å². The molecule has 2 unspecified atom stereocenters. The molecule has 0 bridgehead atoms. The van der Waals surface area contributed by atoms with Crippen molar-refractivity contribution in [1.82, 2.24) is 24.6 Å². The summed E-state index contributed by atoms with van der Waals surface area (Å²) in [5, 5.41) is 8.22. The van der Waals surface area contributed by atoms with E-state index in [0.29, 0.717) is 6.61 Å². The second-order valence-corrected chi connectivity index (χ2v) is 5.26. The smallest absolute Gasteiger partial charge is 0.163 e. The molecule has 3 rings (SSSR count). The zero-order chi connectivity index (χ0) is 14.7. The van der Waals surface area contributed by atoms with Crippen molar-refractivity contribution in [3.8, 4) is 0 Å². The van der Waals surface area contributed by atoms with E-state index in [1.54, 1.807) is 6.33 Å². The van der Waals surface area contributed by atoms with Gasteiger partial charge in [0.15, 0.2) is 5.82 Å². The molecule has 3 heterocycles. The first-order valence-electron chi connectivity index (χ1n) is 7.44. The summed E-state index contributed by atoms with van der Waals surface area (Å²) in [4.78, 5) is 6.85. The number of hydrogen-bond acceptors (Lipinski definition) is 5. The molecule has 2 aromatic heterocycles. The molecule has 6 heteroatoms. The molecule has 1 aliphatic heterocycles. The van der Waals surface area contributed by atoms with Crippen molar-refractivity contribution in [1.29, 1.82) is 0 Å². The number of ether oxygens (including phenoxy) is 1. The van der Waals surface area contributed by atoms with E-state index in [9.17, 15) is 0 Å². The first kappa shape index (κ1) is 14.2. The van der Waals surface area contributed by atoms with E-state index < -0.39 is 0 Å². The highest BCUT2D eigenvalue weighted by Crippen LogP contribution is 2.26. The Kier molecular flexibility index (Phi) is 4.26. The first-order chi connectivity index (χ1) is 10.3. The molecular weight excluding hydrogens is 266 g/mol. The lowest BCUT2D eigenvalue weighted by Gasteiger charge is -2.36. The lowest BCUT2D eigenvalue weighted by atomic mass is 10.1. The number of aromatic nitrogens is 4. The molecule has 0 aliphatic carbocycles. The molecule has 0 amide bonds. The zero-order valence-corrected chi connectivity index (χ0v) is 12.5. The van der Waals surface area contributed by atoms with Crippen LogP contribution in [0.5, 0.6) is 0 Å². The predicted molar refractivity (Wildman–Crippen MR) is 78.6 cm³/mol. The van der Waals surface area contributed by atoms with Gasteiger partial charge in [0.25, 0.3) is 0 Å². The Morgan fingerprint density at radius 2 is 2.33 bits per heavy atom. The predicted octanol–water partition coefficient (Wildman–Crippen LogP) is 1.83. The monoisotopic (exact) mass is 287 g/mol. The number of aryl methyl sites for hydroxylation is 1. The van der Waals surface area contributed by atoms with Crippen LogP contribution in [0.1, 0.15) is 37.5 Å². The molecule has 0 N–H and O–H groups in total. The van der Waals surface area contributed by atoms with Gasteiger partial charge in [0.2, 0.25) is 0 Å². The van der Waals surface area contributed by atoms with Gasteiger partial charge in [-0.25, -0.2) is 0 Å². The fourth-order valence-electron chi connectivity index (χ4n) is 2.74. The highest BCUT2D eigenvalue weighted by atomic mass is 16.5. The zero-order valence-electron chi connectivity index (χ0n) is 12.5. The number of nitrogens with zero attached hydrogens (tertiary/aromatic N) is 5. The fraction of sp³-hybridized carbons (Fsp3) is 0.533. The lowest BCUT2D eigenvalue weighted by molar-refractivity contribution is -0.0491. The molecule has 0 aromatic carbocycles. The van der Waals surface area contributed by atoms with Crippen molar-refractivity contribution in [3.63, 3.8) is 0 Å². The molecule has 1 fully saturated rings. The maximum atomic E-state index is 5.90. The van der Waals surface area contributed by atoms with Crippen LogP contribution >= 0.6 is 0 Å². The molecule has 6 nitrogen and oxygen atoms in total. The van der Waals surface area contributed by atoms with Crippen LogP contribution in [-0.4, -0.2) is 44.3 Å². The minimum atomic E-state index is -0.0210. The average molecular weight is 287 g/mol. The van der Waals surface area contributed by atoms with E-state index in [0.717, 1.165) is 31.2 Å². The first-order valence-corrected chi connectivity index (χ1v) is 7.44. The maximum Gasteiger partial charge on any atom is 0.163 e. The highest BCUT2D eigenvalue weighted by molar-refractivity contribution is 5.08. The summed E-state index contributed by atoms with van der Waals surface area (Å²) in [7, 11) is 0. The summed E-state index contributed by atoms with van der Waals surface area (Å²) in [5.41, 5.74) is 1.09. The van der Waals surface area contributed by atoms with Crippen LogP contribution < -0.4 is 0 Å². The summed E-state index contributed by atoms with van der Waals surface area (Å²) in [6, 6.07) is 6.33. The molecule has 1 aliphatic rings. The fourth-order valence-corrected chi connectivity index (χ4v) is 2.74. The van der Waals surface area contributed by atoms with E-state index in [-0.39, 0.29) is 12.1 Å². The van der Waals surface area contributed by atoms with E-state index in [4.69, 9.17) is 4.74 Å². The summed E-state index contributed by atoms with van der Waals surface area (Å²) in [6.07, 6.45) is 3.59. The molecule has 2 aromatic rings. The van der Waals surface area contributed by atoms with Gasteiger partial charge < -0.3 is 9.30 Å². The Morgan fingerprint density at radius 1 is 1.43 bits per heavy atom. The third-order valence-corrected chi connectivity index (χ3v) is 4.04. The summed E-state index contributed by atoms with van der Waals surface area (Å²) >= 11 is 0. The van der Waals surface area contributed by atoms with Gasteiger partial charge in [-0.15, -0.1) is 10.2 Å². The lowest BCUT2D eigenvalue weighted by Crippen LogP contribution is -2.40. The normalized spacial score (nSPS) is 21.3. The Morgan fingerprint density at radius 3 is 3.10 bits per heavy atom. The Labute approximate surface area is 124 Å². The van der Waals surface area contributed by atoms with Gasteiger partial charge in [0.1, 0.15) is 12.4 Å². The van der Waals surface area contributed by atoms with Gasteiger partial charge in [0.05, 0.1) is 12.3 Å². The second-order valence-electron chi connectivity index (χ2n) is 5.26. The van der Waals surface area contributed by atoms with Gasteiger partial charge in [-0.3, -0.25) is 9.88 Å². The van der Waals surface area contributed by atoms with E-state index in [2.05, 4.69) is 40.0 Å². The second kappa shape index (κ2) is 6.32. The molecule has 112 valence electrons. The SMILES string of the molecule is CCn1cnnc1C1CN(C(C)c2ccccn2)CCO1. The molecular formula is C15H21N5O. The van der Waals surface area contributed by atoms with Crippen LogP contribution in [0.15, 0.2) is 30.7 Å². The molecule has 0 spiro atoms. The van der Waals surface area contributed by atoms with E-state index in [1.165, 1.54) is 0 Å². The van der Waals surface area contributed by atoms with Gasteiger partial charge in [-0.05, 0) is 26.0 Å². The van der Waals surface area contributed by atoms with Crippen molar-refractivity contribution in [2.75, 3.05) is 19.7 Å². The van der Waals surface area contributed by atoms with Crippen molar-refractivity contribution in [2.45, 2.75) is 32.5 Å². The largest absolute Gasteiger partial charge is 0.368 e. The standard InChI is InChI=1S/C15H21N5O/c1-3-19-11-17-18-15(19)14-10-20(8-9-21-14)12(2)13-6-4-5-7-16-13/h4-7,11-12,14H,3,8-10H2,1-2H3.